The molecule has 26 heavy (non-hydrogen) atoms. The van der Waals surface area contributed by atoms with Gasteiger partial charge in [-0.1, -0.05) is 35.9 Å². The fourth-order valence-electron chi connectivity index (χ4n) is 3.06. The number of halogens is 1. The minimum atomic E-state index is -0.558. The second-order valence-electron chi connectivity index (χ2n) is 6.13. The van der Waals surface area contributed by atoms with E-state index in [4.69, 9.17) is 16.3 Å². The average Bonchev–Trinajstić information content (AvgIpc) is 3.05. The summed E-state index contributed by atoms with van der Waals surface area (Å²) in [5, 5.41) is 3.57. The van der Waals surface area contributed by atoms with Crippen LogP contribution in [-0.4, -0.2) is 31.6 Å². The lowest BCUT2D eigenvalue weighted by atomic mass is 10.1. The minimum Gasteiger partial charge on any atom is -0.384 e. The lowest BCUT2D eigenvalue weighted by Crippen LogP contribution is -2.48. The highest BCUT2D eigenvalue weighted by atomic mass is 35.5. The van der Waals surface area contributed by atoms with Crippen LogP contribution in [0.2, 0.25) is 5.02 Å². The fraction of sp³-hybridized carbons (Fsp3) is 0.300. The number of rotatable bonds is 6. The molecule has 1 aliphatic heterocycles. The molecule has 0 aliphatic carbocycles. The highest BCUT2D eigenvalue weighted by Crippen LogP contribution is 2.32. The molecule has 2 aromatic rings. The second-order valence-corrected chi connectivity index (χ2v) is 6.56. The molecule has 0 saturated carbocycles. The molecule has 3 rings (SSSR count). The Labute approximate surface area is 157 Å². The second kappa shape index (κ2) is 8.34. The molecular weight excluding hydrogens is 352 g/mol. The molecule has 1 N–H and O–H groups in total. The zero-order valence-corrected chi connectivity index (χ0v) is 15.3. The molecule has 0 spiro atoms. The number of hydrogen-bond donors (Lipinski definition) is 1. The van der Waals surface area contributed by atoms with Crippen molar-refractivity contribution in [3.05, 3.63) is 64.7 Å². The van der Waals surface area contributed by atoms with Crippen molar-refractivity contribution < 1.29 is 14.3 Å². The lowest BCUT2D eigenvalue weighted by molar-refractivity contribution is -0.126. The predicted octanol–water partition coefficient (Wildman–Crippen LogP) is 2.75. The Balaban J connectivity index is 1.73. The normalized spacial score (nSPS) is 15.6. The SMILES string of the molecule is COCCC(=O)N1c2c[c]ccc2CC1C(=O)NCc1ccc(Cl)cc1. The third-order valence-electron chi connectivity index (χ3n) is 4.39. The van der Waals surface area contributed by atoms with Gasteiger partial charge in [-0.3, -0.25) is 14.5 Å². The van der Waals surface area contributed by atoms with Gasteiger partial charge in [0.2, 0.25) is 11.8 Å². The first-order valence-electron chi connectivity index (χ1n) is 8.42. The molecule has 0 saturated heterocycles. The van der Waals surface area contributed by atoms with Crippen LogP contribution >= 0.6 is 11.6 Å². The van der Waals surface area contributed by atoms with Gasteiger partial charge in [0.1, 0.15) is 6.04 Å². The van der Waals surface area contributed by atoms with Gasteiger partial charge in [0.15, 0.2) is 0 Å². The first-order valence-corrected chi connectivity index (χ1v) is 8.80. The van der Waals surface area contributed by atoms with Crippen LogP contribution in [0.5, 0.6) is 0 Å². The number of nitrogens with one attached hydrogen (secondary N) is 1. The zero-order chi connectivity index (χ0) is 18.5. The topological polar surface area (TPSA) is 58.6 Å². The molecule has 135 valence electrons. The van der Waals surface area contributed by atoms with E-state index in [1.54, 1.807) is 36.3 Å². The van der Waals surface area contributed by atoms with Crippen LogP contribution in [0.3, 0.4) is 0 Å². The van der Waals surface area contributed by atoms with Crippen molar-refractivity contribution >= 4 is 29.1 Å². The minimum absolute atomic E-state index is 0.128. The maximum Gasteiger partial charge on any atom is 0.243 e. The fourth-order valence-corrected chi connectivity index (χ4v) is 3.18. The van der Waals surface area contributed by atoms with E-state index in [-0.39, 0.29) is 18.2 Å². The Kier molecular flexibility index (Phi) is 5.91. The molecule has 0 bridgehead atoms. The molecule has 5 nitrogen and oxygen atoms in total. The summed E-state index contributed by atoms with van der Waals surface area (Å²) in [6, 6.07) is 15.2. The first-order chi connectivity index (χ1) is 12.6. The monoisotopic (exact) mass is 371 g/mol. The molecule has 0 fully saturated rings. The van der Waals surface area contributed by atoms with Gasteiger partial charge >= 0.3 is 0 Å². The molecule has 1 heterocycles. The number of nitrogens with zero attached hydrogens (tertiary/aromatic N) is 1. The number of carbonyl (C=O) groups excluding carboxylic acids is 2. The number of anilines is 1. The average molecular weight is 372 g/mol. The largest absolute Gasteiger partial charge is 0.384 e. The summed E-state index contributed by atoms with van der Waals surface area (Å²) in [4.78, 5) is 27.0. The molecule has 1 atom stereocenters. The summed E-state index contributed by atoms with van der Waals surface area (Å²) < 4.78 is 5.00. The molecule has 0 aromatic heterocycles. The van der Waals surface area contributed by atoms with Gasteiger partial charge in [-0.15, -0.1) is 0 Å². The first kappa shape index (κ1) is 18.4. The number of methoxy groups -OCH3 is 1. The molecule has 2 aromatic carbocycles. The van der Waals surface area contributed by atoms with Gasteiger partial charge < -0.3 is 10.1 Å². The standard InChI is InChI=1S/C20H20ClN2O3/c1-26-11-10-19(24)23-17-5-3-2-4-15(17)12-18(23)20(25)22-13-14-6-8-16(21)9-7-14/h2,4-9,18H,10-13H2,1H3,(H,22,25). The van der Waals surface area contributed by atoms with Crippen LogP contribution in [0.1, 0.15) is 17.5 Å². The molecule has 1 aliphatic rings. The van der Waals surface area contributed by atoms with Crippen molar-refractivity contribution in [2.75, 3.05) is 18.6 Å². The van der Waals surface area contributed by atoms with Crippen LogP contribution in [0.25, 0.3) is 0 Å². The van der Waals surface area contributed by atoms with Crippen molar-refractivity contribution in [3.63, 3.8) is 0 Å². The summed E-state index contributed by atoms with van der Waals surface area (Å²) in [6.45, 7) is 0.704. The summed E-state index contributed by atoms with van der Waals surface area (Å²) >= 11 is 5.88. The van der Waals surface area contributed by atoms with Crippen molar-refractivity contribution in [3.8, 4) is 0 Å². The smallest absolute Gasteiger partial charge is 0.243 e. The maximum atomic E-state index is 12.8. The van der Waals surface area contributed by atoms with E-state index in [0.29, 0.717) is 24.6 Å². The van der Waals surface area contributed by atoms with Crippen LogP contribution in [0.15, 0.2) is 42.5 Å². The molecule has 1 radical (unpaired) electrons. The molecule has 6 heteroatoms. The third kappa shape index (κ3) is 4.06. The zero-order valence-electron chi connectivity index (χ0n) is 14.5. The number of hydrogen-bond acceptors (Lipinski definition) is 3. The van der Waals surface area contributed by atoms with Crippen molar-refractivity contribution in [2.24, 2.45) is 0 Å². The van der Waals surface area contributed by atoms with Crippen LogP contribution in [0.4, 0.5) is 5.69 Å². The van der Waals surface area contributed by atoms with Gasteiger partial charge in [-0.2, -0.15) is 0 Å². The van der Waals surface area contributed by atoms with E-state index in [9.17, 15) is 9.59 Å². The van der Waals surface area contributed by atoms with Gasteiger partial charge in [0, 0.05) is 30.8 Å². The number of carbonyl (C=O) groups is 2. The summed E-state index contributed by atoms with van der Waals surface area (Å²) in [6.07, 6.45) is 0.723. The van der Waals surface area contributed by atoms with Crippen LogP contribution in [0, 0.1) is 6.07 Å². The van der Waals surface area contributed by atoms with Crippen LogP contribution < -0.4 is 10.2 Å². The number of ether oxygens (including phenoxy) is 1. The Morgan fingerprint density at radius 2 is 2.08 bits per heavy atom. The molecule has 1 unspecified atom stereocenters. The molecular formula is C20H20ClN2O3. The maximum absolute atomic E-state index is 12.8. The highest BCUT2D eigenvalue weighted by Gasteiger charge is 2.37. The number of fused-ring (bicyclic) bond motifs is 1. The Morgan fingerprint density at radius 1 is 1.31 bits per heavy atom. The summed E-state index contributed by atoms with van der Waals surface area (Å²) in [5.74, 6) is -0.307. The Bertz CT molecular complexity index is 792. The van der Waals surface area contributed by atoms with Gasteiger partial charge in [-0.25, -0.2) is 0 Å². The van der Waals surface area contributed by atoms with Gasteiger partial charge in [0.05, 0.1) is 13.0 Å². The quantitative estimate of drug-likeness (QED) is 0.849. The van der Waals surface area contributed by atoms with E-state index in [2.05, 4.69) is 11.4 Å². The Morgan fingerprint density at radius 3 is 2.81 bits per heavy atom. The molecule has 2 amide bonds. The van der Waals surface area contributed by atoms with Crippen molar-refractivity contribution in [1.82, 2.24) is 5.32 Å². The Hall–Kier alpha value is -2.37. The van der Waals surface area contributed by atoms with Crippen LogP contribution in [-0.2, 0) is 27.3 Å². The summed E-state index contributed by atoms with van der Waals surface area (Å²) in [7, 11) is 1.55. The van der Waals surface area contributed by atoms with E-state index in [1.165, 1.54) is 0 Å². The van der Waals surface area contributed by atoms with E-state index in [0.717, 1.165) is 16.8 Å². The van der Waals surface area contributed by atoms with Gasteiger partial charge in [-0.05, 0) is 35.4 Å². The van der Waals surface area contributed by atoms with E-state index >= 15 is 0 Å². The number of amides is 2. The van der Waals surface area contributed by atoms with Crippen molar-refractivity contribution in [2.45, 2.75) is 25.4 Å². The van der Waals surface area contributed by atoms with E-state index in [1.807, 2.05) is 18.2 Å². The van der Waals surface area contributed by atoms with Crippen molar-refractivity contribution in [1.29, 1.82) is 0 Å². The third-order valence-corrected chi connectivity index (χ3v) is 4.64. The number of benzene rings is 2. The van der Waals surface area contributed by atoms with E-state index < -0.39 is 6.04 Å². The van der Waals surface area contributed by atoms with Gasteiger partial charge in [0.25, 0.3) is 0 Å². The highest BCUT2D eigenvalue weighted by molar-refractivity contribution is 6.30. The summed E-state index contributed by atoms with van der Waals surface area (Å²) in [5.41, 5.74) is 2.67. The predicted molar refractivity (Wildman–Crippen MR) is 100 cm³/mol. The lowest BCUT2D eigenvalue weighted by Gasteiger charge is -2.25.